The molecule has 108 valence electrons. The number of pyridine rings is 1. The maximum absolute atomic E-state index is 10.1. The molecule has 0 amide bonds. The minimum atomic E-state index is 0.0958. The van der Waals surface area contributed by atoms with Crippen LogP contribution in [0.4, 0.5) is 0 Å². The van der Waals surface area contributed by atoms with Crippen LogP contribution in [0, 0.1) is 0 Å². The number of phenolic OH excluding ortho intramolecular Hbond substituents is 1. The first kappa shape index (κ1) is 13.2. The molecule has 0 saturated heterocycles. The van der Waals surface area contributed by atoms with E-state index >= 15 is 0 Å². The van der Waals surface area contributed by atoms with E-state index < -0.39 is 0 Å². The fourth-order valence-electron chi connectivity index (χ4n) is 2.07. The number of aromatic nitrogens is 3. The van der Waals surface area contributed by atoms with Crippen LogP contribution in [0.5, 0.6) is 17.4 Å². The van der Waals surface area contributed by atoms with Crippen molar-refractivity contribution in [3.05, 3.63) is 30.3 Å². The lowest BCUT2D eigenvalue weighted by molar-refractivity contribution is 0.328. The smallest absolute Gasteiger partial charge is 0.215 e. The molecule has 0 radical (unpaired) electrons. The van der Waals surface area contributed by atoms with Crippen LogP contribution in [0.1, 0.15) is 6.92 Å². The first-order valence-corrected chi connectivity index (χ1v) is 6.58. The number of methoxy groups -OCH3 is 1. The summed E-state index contributed by atoms with van der Waals surface area (Å²) in [4.78, 5) is 11.8. The maximum atomic E-state index is 10.1. The number of nitrogens with zero attached hydrogens (tertiary/aromatic N) is 2. The van der Waals surface area contributed by atoms with E-state index in [9.17, 15) is 5.11 Å². The van der Waals surface area contributed by atoms with Gasteiger partial charge in [-0.15, -0.1) is 0 Å². The first-order valence-electron chi connectivity index (χ1n) is 6.58. The van der Waals surface area contributed by atoms with E-state index in [-0.39, 0.29) is 5.75 Å². The van der Waals surface area contributed by atoms with Crippen LogP contribution in [-0.2, 0) is 0 Å². The summed E-state index contributed by atoms with van der Waals surface area (Å²) in [6, 6.07) is 8.68. The van der Waals surface area contributed by atoms with Crippen molar-refractivity contribution in [3.8, 4) is 28.8 Å². The van der Waals surface area contributed by atoms with Crippen LogP contribution >= 0.6 is 0 Å². The molecule has 0 spiro atoms. The van der Waals surface area contributed by atoms with Crippen molar-refractivity contribution in [2.75, 3.05) is 13.7 Å². The highest BCUT2D eigenvalue weighted by Gasteiger charge is 2.12. The van der Waals surface area contributed by atoms with E-state index in [1.165, 1.54) is 0 Å². The number of imidazole rings is 1. The molecule has 0 aliphatic heterocycles. The third kappa shape index (κ3) is 2.47. The number of benzene rings is 1. The van der Waals surface area contributed by atoms with Gasteiger partial charge < -0.3 is 19.6 Å². The molecular weight excluding hydrogens is 270 g/mol. The number of hydrogen-bond acceptors (Lipinski definition) is 5. The topological polar surface area (TPSA) is 80.3 Å². The largest absolute Gasteiger partial charge is 0.507 e. The molecule has 0 saturated carbocycles. The molecule has 0 atom stereocenters. The lowest BCUT2D eigenvalue weighted by Gasteiger charge is -2.03. The molecule has 6 nitrogen and oxygen atoms in total. The van der Waals surface area contributed by atoms with E-state index in [1.807, 2.05) is 13.0 Å². The normalized spacial score (nSPS) is 10.8. The number of H-pyrrole nitrogens is 1. The average Bonchev–Trinajstić information content (AvgIpc) is 2.90. The Labute approximate surface area is 121 Å². The number of hydrogen-bond donors (Lipinski definition) is 2. The van der Waals surface area contributed by atoms with Gasteiger partial charge in [-0.3, -0.25) is 0 Å². The molecule has 0 unspecified atom stereocenters. The Morgan fingerprint density at radius 3 is 2.76 bits per heavy atom. The van der Waals surface area contributed by atoms with Crippen molar-refractivity contribution in [1.82, 2.24) is 15.0 Å². The van der Waals surface area contributed by atoms with Gasteiger partial charge in [0, 0.05) is 12.1 Å². The number of nitrogens with one attached hydrogen (secondary N) is 1. The van der Waals surface area contributed by atoms with E-state index in [0.29, 0.717) is 35.3 Å². The molecule has 0 bridgehead atoms. The molecule has 6 heteroatoms. The minimum absolute atomic E-state index is 0.0958. The fourth-order valence-corrected chi connectivity index (χ4v) is 2.07. The Hall–Kier alpha value is -2.76. The Morgan fingerprint density at radius 2 is 2.05 bits per heavy atom. The zero-order valence-corrected chi connectivity index (χ0v) is 11.8. The standard InChI is InChI=1S/C15H15N3O3/c1-3-21-13-7-6-11-15(17-13)18-14(16-11)10-5-4-9(20-2)8-12(10)19/h4-8,19H,3H2,1-2H3,(H,16,17,18). The van der Waals surface area contributed by atoms with Gasteiger partial charge in [-0.2, -0.15) is 4.98 Å². The van der Waals surface area contributed by atoms with Crippen LogP contribution in [0.3, 0.4) is 0 Å². The highest BCUT2D eigenvalue weighted by molar-refractivity contribution is 5.78. The molecule has 2 N–H and O–H groups in total. The molecule has 0 aliphatic carbocycles. The van der Waals surface area contributed by atoms with Crippen LogP contribution in [0.2, 0.25) is 0 Å². The Balaban J connectivity index is 2.04. The molecule has 2 aromatic heterocycles. The Morgan fingerprint density at radius 1 is 1.19 bits per heavy atom. The maximum Gasteiger partial charge on any atom is 0.215 e. The molecule has 0 fully saturated rings. The average molecular weight is 285 g/mol. The van der Waals surface area contributed by atoms with Crippen molar-refractivity contribution in [1.29, 1.82) is 0 Å². The van der Waals surface area contributed by atoms with Gasteiger partial charge in [0.1, 0.15) is 17.3 Å². The molecule has 0 aliphatic rings. The summed E-state index contributed by atoms with van der Waals surface area (Å²) in [6.07, 6.45) is 0. The molecule has 3 aromatic rings. The summed E-state index contributed by atoms with van der Waals surface area (Å²) in [7, 11) is 1.55. The summed E-state index contributed by atoms with van der Waals surface area (Å²) in [5.74, 6) is 1.76. The summed E-state index contributed by atoms with van der Waals surface area (Å²) in [6.45, 7) is 2.45. The Kier molecular flexibility index (Phi) is 3.35. The second-order valence-corrected chi connectivity index (χ2v) is 4.42. The molecule has 3 rings (SSSR count). The van der Waals surface area contributed by atoms with E-state index in [4.69, 9.17) is 9.47 Å². The van der Waals surface area contributed by atoms with Gasteiger partial charge in [0.2, 0.25) is 5.88 Å². The number of ether oxygens (including phenoxy) is 2. The highest BCUT2D eigenvalue weighted by atomic mass is 16.5. The van der Waals surface area contributed by atoms with Gasteiger partial charge in [-0.1, -0.05) is 0 Å². The van der Waals surface area contributed by atoms with Crippen molar-refractivity contribution >= 4 is 11.2 Å². The summed E-state index contributed by atoms with van der Waals surface area (Å²) < 4.78 is 10.4. The number of fused-ring (bicyclic) bond motifs is 1. The monoisotopic (exact) mass is 285 g/mol. The molecule has 2 heterocycles. The summed E-state index contributed by atoms with van der Waals surface area (Å²) in [5, 5.41) is 10.1. The predicted molar refractivity (Wildman–Crippen MR) is 78.7 cm³/mol. The van der Waals surface area contributed by atoms with Crippen LogP contribution in [0.25, 0.3) is 22.6 Å². The number of rotatable bonds is 4. The van der Waals surface area contributed by atoms with E-state index in [1.54, 1.807) is 31.4 Å². The van der Waals surface area contributed by atoms with Gasteiger partial charge in [0.05, 0.1) is 24.8 Å². The predicted octanol–water partition coefficient (Wildman–Crippen LogP) is 2.74. The number of phenols is 1. The second kappa shape index (κ2) is 5.32. The zero-order chi connectivity index (χ0) is 14.8. The minimum Gasteiger partial charge on any atom is -0.507 e. The van der Waals surface area contributed by atoms with E-state index in [2.05, 4.69) is 15.0 Å². The third-order valence-corrected chi connectivity index (χ3v) is 3.07. The van der Waals surface area contributed by atoms with Gasteiger partial charge in [-0.05, 0) is 25.1 Å². The lowest BCUT2D eigenvalue weighted by Crippen LogP contribution is -1.93. The van der Waals surface area contributed by atoms with Crippen molar-refractivity contribution in [3.63, 3.8) is 0 Å². The van der Waals surface area contributed by atoms with Crippen LogP contribution < -0.4 is 9.47 Å². The summed E-state index contributed by atoms with van der Waals surface area (Å²) >= 11 is 0. The van der Waals surface area contributed by atoms with Crippen molar-refractivity contribution in [2.24, 2.45) is 0 Å². The number of aromatic amines is 1. The summed E-state index contributed by atoms with van der Waals surface area (Å²) in [5.41, 5.74) is 1.92. The lowest BCUT2D eigenvalue weighted by atomic mass is 10.2. The van der Waals surface area contributed by atoms with Crippen molar-refractivity contribution in [2.45, 2.75) is 6.92 Å². The van der Waals surface area contributed by atoms with Gasteiger partial charge in [0.15, 0.2) is 5.65 Å². The second-order valence-electron chi connectivity index (χ2n) is 4.42. The highest BCUT2D eigenvalue weighted by Crippen LogP contribution is 2.31. The van der Waals surface area contributed by atoms with Crippen LogP contribution in [-0.4, -0.2) is 33.8 Å². The Bertz CT molecular complexity index is 783. The zero-order valence-electron chi connectivity index (χ0n) is 11.8. The fraction of sp³-hybridized carbons (Fsp3) is 0.200. The molecule has 21 heavy (non-hydrogen) atoms. The van der Waals surface area contributed by atoms with Gasteiger partial charge >= 0.3 is 0 Å². The molecule has 1 aromatic carbocycles. The van der Waals surface area contributed by atoms with E-state index in [0.717, 1.165) is 5.52 Å². The third-order valence-electron chi connectivity index (χ3n) is 3.07. The molecular formula is C15H15N3O3. The van der Waals surface area contributed by atoms with Gasteiger partial charge in [-0.25, -0.2) is 4.98 Å². The van der Waals surface area contributed by atoms with Crippen molar-refractivity contribution < 1.29 is 14.6 Å². The van der Waals surface area contributed by atoms with Crippen LogP contribution in [0.15, 0.2) is 30.3 Å². The quantitative estimate of drug-likeness (QED) is 0.770. The number of aromatic hydroxyl groups is 1. The first-order chi connectivity index (χ1) is 10.2. The van der Waals surface area contributed by atoms with Gasteiger partial charge in [0.25, 0.3) is 0 Å². The SMILES string of the molecule is CCOc1ccc2[nH]c(-c3ccc(OC)cc3O)nc2n1.